The normalized spacial score (nSPS) is 10.2. The Labute approximate surface area is 111 Å². The fourth-order valence-corrected chi connectivity index (χ4v) is 2.57. The Morgan fingerprint density at radius 2 is 1.94 bits per heavy atom. The zero-order valence-electron chi connectivity index (χ0n) is 11.0. The van der Waals surface area contributed by atoms with Gasteiger partial charge in [-0.1, -0.05) is 17.4 Å². The molecular weight excluding hydrogens is 242 g/mol. The van der Waals surface area contributed by atoms with Crippen LogP contribution in [0.4, 0.5) is 10.8 Å². The maximum atomic E-state index is 8.84. The number of rotatable bonds is 2. The van der Waals surface area contributed by atoms with Crippen molar-refractivity contribution in [2.24, 2.45) is 0 Å². The largest absolute Gasteiger partial charge is 0.321 e. The van der Waals surface area contributed by atoms with Crippen molar-refractivity contribution >= 4 is 22.2 Å². The molecule has 0 atom stereocenters. The van der Waals surface area contributed by atoms with E-state index in [0.717, 1.165) is 10.8 Å². The summed E-state index contributed by atoms with van der Waals surface area (Å²) in [6.07, 6.45) is 1.62. The smallest absolute Gasteiger partial charge is 0.190 e. The molecule has 1 aromatic heterocycles. The Kier molecular flexibility index (Phi) is 3.35. The second kappa shape index (κ2) is 4.79. The molecule has 0 radical (unpaired) electrons. The van der Waals surface area contributed by atoms with E-state index in [4.69, 9.17) is 5.26 Å². The molecule has 0 N–H and O–H groups in total. The van der Waals surface area contributed by atoms with Gasteiger partial charge in [0.2, 0.25) is 0 Å². The number of hydrogen-bond donors (Lipinski definition) is 0. The second-order valence-electron chi connectivity index (χ2n) is 4.33. The van der Waals surface area contributed by atoms with Gasteiger partial charge in [0.1, 0.15) is 10.9 Å². The van der Waals surface area contributed by atoms with Crippen LogP contribution in [0.3, 0.4) is 0 Å². The van der Waals surface area contributed by atoms with Crippen molar-refractivity contribution in [2.45, 2.75) is 20.8 Å². The molecule has 0 saturated heterocycles. The van der Waals surface area contributed by atoms with Gasteiger partial charge in [0.15, 0.2) is 5.13 Å². The van der Waals surface area contributed by atoms with E-state index in [1.54, 1.807) is 6.20 Å². The van der Waals surface area contributed by atoms with Crippen molar-refractivity contribution in [3.8, 4) is 6.07 Å². The molecule has 1 heterocycles. The van der Waals surface area contributed by atoms with Crippen LogP contribution in [0, 0.1) is 32.1 Å². The fraction of sp³-hybridized carbons (Fsp3) is 0.286. The molecule has 0 aliphatic heterocycles. The van der Waals surface area contributed by atoms with Gasteiger partial charge in [0.05, 0.1) is 6.20 Å². The van der Waals surface area contributed by atoms with Crippen LogP contribution in [0.2, 0.25) is 0 Å². The van der Waals surface area contributed by atoms with E-state index in [2.05, 4.69) is 44.0 Å². The van der Waals surface area contributed by atoms with E-state index >= 15 is 0 Å². The first-order valence-electron chi connectivity index (χ1n) is 5.71. The third kappa shape index (κ3) is 2.09. The van der Waals surface area contributed by atoms with Crippen molar-refractivity contribution in [1.29, 1.82) is 5.26 Å². The molecule has 0 aliphatic carbocycles. The molecule has 0 unspecified atom stereocenters. The summed E-state index contributed by atoms with van der Waals surface area (Å²) in [5.74, 6) is 0. The van der Waals surface area contributed by atoms with Gasteiger partial charge in [-0.3, -0.25) is 0 Å². The fourth-order valence-electron chi connectivity index (χ4n) is 1.88. The van der Waals surface area contributed by atoms with Gasteiger partial charge < -0.3 is 4.90 Å². The highest BCUT2D eigenvalue weighted by Crippen LogP contribution is 2.32. The Morgan fingerprint density at radius 1 is 1.22 bits per heavy atom. The monoisotopic (exact) mass is 257 g/mol. The summed E-state index contributed by atoms with van der Waals surface area (Å²) in [5.41, 5.74) is 4.99. The molecule has 3 nitrogen and oxygen atoms in total. The highest BCUT2D eigenvalue weighted by Gasteiger charge is 2.12. The SMILES string of the molecule is Cc1ccc(N(C)c2ncc(C#N)s2)c(C)c1C. The Balaban J connectivity index is 2.43. The van der Waals surface area contributed by atoms with Crippen molar-refractivity contribution in [1.82, 2.24) is 4.98 Å². The van der Waals surface area contributed by atoms with Crippen molar-refractivity contribution in [3.63, 3.8) is 0 Å². The first-order valence-corrected chi connectivity index (χ1v) is 6.52. The Bertz CT molecular complexity index is 622. The van der Waals surface area contributed by atoms with Gasteiger partial charge in [0.25, 0.3) is 0 Å². The number of nitriles is 1. The second-order valence-corrected chi connectivity index (χ2v) is 5.34. The Hall–Kier alpha value is -1.86. The minimum atomic E-state index is 0.637. The number of hydrogen-bond acceptors (Lipinski definition) is 4. The third-order valence-corrected chi connectivity index (χ3v) is 4.26. The summed E-state index contributed by atoms with van der Waals surface area (Å²) >= 11 is 1.41. The maximum Gasteiger partial charge on any atom is 0.190 e. The number of aromatic nitrogens is 1. The van der Waals surface area contributed by atoms with Gasteiger partial charge in [-0.05, 0) is 43.5 Å². The van der Waals surface area contributed by atoms with Gasteiger partial charge >= 0.3 is 0 Å². The van der Waals surface area contributed by atoms with Crippen LogP contribution >= 0.6 is 11.3 Å². The summed E-state index contributed by atoms with van der Waals surface area (Å²) in [5, 5.41) is 9.69. The predicted molar refractivity (Wildman–Crippen MR) is 75.5 cm³/mol. The van der Waals surface area contributed by atoms with Crippen molar-refractivity contribution in [3.05, 3.63) is 39.9 Å². The molecule has 18 heavy (non-hydrogen) atoms. The van der Waals surface area contributed by atoms with Crippen LogP contribution in [0.15, 0.2) is 18.3 Å². The van der Waals surface area contributed by atoms with Gasteiger partial charge in [-0.2, -0.15) is 5.26 Å². The highest BCUT2D eigenvalue weighted by molar-refractivity contribution is 7.16. The number of anilines is 2. The van der Waals surface area contributed by atoms with Crippen LogP contribution in [0.5, 0.6) is 0 Å². The van der Waals surface area contributed by atoms with Crippen LogP contribution in [-0.4, -0.2) is 12.0 Å². The lowest BCUT2D eigenvalue weighted by atomic mass is 10.0. The summed E-state index contributed by atoms with van der Waals surface area (Å²) in [4.78, 5) is 6.95. The van der Waals surface area contributed by atoms with Gasteiger partial charge in [-0.15, -0.1) is 0 Å². The van der Waals surface area contributed by atoms with Crippen LogP contribution in [0.25, 0.3) is 0 Å². The molecule has 0 spiro atoms. The minimum Gasteiger partial charge on any atom is -0.321 e. The molecule has 1 aromatic carbocycles. The molecule has 0 bridgehead atoms. The quantitative estimate of drug-likeness (QED) is 0.823. The maximum absolute atomic E-state index is 8.84. The summed E-state index contributed by atoms with van der Waals surface area (Å²) in [6.45, 7) is 6.36. The molecule has 2 rings (SSSR count). The first kappa shape index (κ1) is 12.6. The van der Waals surface area contributed by atoms with Gasteiger partial charge in [0, 0.05) is 12.7 Å². The zero-order chi connectivity index (χ0) is 13.3. The molecule has 2 aromatic rings. The summed E-state index contributed by atoms with van der Waals surface area (Å²) < 4.78 is 0. The average molecular weight is 257 g/mol. The average Bonchev–Trinajstić information content (AvgIpc) is 2.84. The standard InChI is InChI=1S/C14H15N3S/c1-9-5-6-13(11(3)10(9)2)17(4)14-16-8-12(7-15)18-14/h5-6,8H,1-4H3. The summed E-state index contributed by atoms with van der Waals surface area (Å²) in [6, 6.07) is 6.34. The lowest BCUT2D eigenvalue weighted by Gasteiger charge is -2.20. The Morgan fingerprint density at radius 3 is 2.56 bits per heavy atom. The van der Waals surface area contributed by atoms with E-state index in [0.29, 0.717) is 4.88 Å². The molecular formula is C14H15N3S. The first-order chi connectivity index (χ1) is 8.54. The van der Waals surface area contributed by atoms with E-state index in [1.165, 1.54) is 28.0 Å². The minimum absolute atomic E-state index is 0.637. The molecule has 0 saturated carbocycles. The van der Waals surface area contributed by atoms with E-state index in [9.17, 15) is 0 Å². The molecule has 0 amide bonds. The van der Waals surface area contributed by atoms with Crippen molar-refractivity contribution in [2.75, 3.05) is 11.9 Å². The number of benzene rings is 1. The third-order valence-electron chi connectivity index (χ3n) is 3.28. The van der Waals surface area contributed by atoms with E-state index < -0.39 is 0 Å². The topological polar surface area (TPSA) is 39.9 Å². The molecule has 92 valence electrons. The van der Waals surface area contributed by atoms with E-state index in [-0.39, 0.29) is 0 Å². The summed E-state index contributed by atoms with van der Waals surface area (Å²) in [7, 11) is 1.98. The predicted octanol–water partition coefficient (Wildman–Crippen LogP) is 3.71. The number of thiazole rings is 1. The lowest BCUT2D eigenvalue weighted by molar-refractivity contribution is 1.13. The van der Waals surface area contributed by atoms with Gasteiger partial charge in [-0.25, -0.2) is 4.98 Å². The zero-order valence-corrected chi connectivity index (χ0v) is 11.8. The molecule has 4 heteroatoms. The lowest BCUT2D eigenvalue weighted by Crippen LogP contribution is -2.11. The van der Waals surface area contributed by atoms with E-state index in [1.807, 2.05) is 11.9 Å². The number of nitrogens with zero attached hydrogens (tertiary/aromatic N) is 3. The van der Waals surface area contributed by atoms with Crippen molar-refractivity contribution < 1.29 is 0 Å². The van der Waals surface area contributed by atoms with Crippen LogP contribution < -0.4 is 4.90 Å². The number of aryl methyl sites for hydroxylation is 1. The van der Waals surface area contributed by atoms with Crippen LogP contribution in [-0.2, 0) is 0 Å². The molecule has 0 fully saturated rings. The highest BCUT2D eigenvalue weighted by atomic mass is 32.1. The van der Waals surface area contributed by atoms with Crippen LogP contribution in [0.1, 0.15) is 21.6 Å². The molecule has 0 aliphatic rings.